The number of anilines is 1. The molecule has 0 saturated carbocycles. The van der Waals surface area contributed by atoms with Gasteiger partial charge in [0.25, 0.3) is 0 Å². The Labute approximate surface area is 113 Å². The molecule has 0 amide bonds. The Kier molecular flexibility index (Phi) is 4.93. The van der Waals surface area contributed by atoms with Crippen molar-refractivity contribution in [3.05, 3.63) is 29.1 Å². The second-order valence-corrected chi connectivity index (χ2v) is 5.12. The van der Waals surface area contributed by atoms with E-state index in [1.807, 2.05) is 6.07 Å². The molecule has 0 aliphatic rings. The van der Waals surface area contributed by atoms with E-state index in [9.17, 15) is 22.0 Å². The smallest absolute Gasteiger partial charge is 0.200 e. The van der Waals surface area contributed by atoms with E-state index >= 15 is 0 Å². The van der Waals surface area contributed by atoms with Gasteiger partial charge < -0.3 is 5.32 Å². The van der Waals surface area contributed by atoms with Crippen LogP contribution in [0.5, 0.6) is 0 Å². The molecule has 0 bridgehead atoms. The van der Waals surface area contributed by atoms with Crippen molar-refractivity contribution in [2.75, 3.05) is 11.9 Å². The standard InChI is InChI=1S/C13H13F5N2/c1-13(2,4-3-5-19)6-20-12-10(17)8(15)7(14)9(16)11(12)18/h20H,3-4,6H2,1-2H3. The van der Waals surface area contributed by atoms with E-state index in [1.165, 1.54) is 0 Å². The molecule has 0 aliphatic heterocycles. The van der Waals surface area contributed by atoms with Gasteiger partial charge in [-0.15, -0.1) is 0 Å². The second-order valence-electron chi connectivity index (χ2n) is 5.12. The summed E-state index contributed by atoms with van der Waals surface area (Å²) in [5.41, 5.74) is -1.58. The SMILES string of the molecule is CC(C)(CCC#N)CNc1c(F)c(F)c(F)c(F)c1F. The quantitative estimate of drug-likeness (QED) is 0.503. The molecule has 0 saturated heterocycles. The highest BCUT2D eigenvalue weighted by atomic mass is 19.2. The van der Waals surface area contributed by atoms with E-state index in [-0.39, 0.29) is 13.0 Å². The molecule has 0 heterocycles. The van der Waals surface area contributed by atoms with Crippen LogP contribution < -0.4 is 5.32 Å². The lowest BCUT2D eigenvalue weighted by Gasteiger charge is -2.24. The van der Waals surface area contributed by atoms with Crippen molar-refractivity contribution in [1.82, 2.24) is 0 Å². The summed E-state index contributed by atoms with van der Waals surface area (Å²) in [5.74, 6) is -9.94. The molecule has 0 unspecified atom stereocenters. The normalized spacial score (nSPS) is 11.3. The summed E-state index contributed by atoms with van der Waals surface area (Å²) in [5, 5.41) is 10.7. The number of halogens is 5. The van der Waals surface area contributed by atoms with Crippen LogP contribution in [0.3, 0.4) is 0 Å². The fourth-order valence-electron chi connectivity index (χ4n) is 1.57. The van der Waals surface area contributed by atoms with Crippen LogP contribution in [0.15, 0.2) is 0 Å². The van der Waals surface area contributed by atoms with E-state index in [1.54, 1.807) is 13.8 Å². The molecule has 1 aromatic rings. The summed E-state index contributed by atoms with van der Waals surface area (Å²) in [4.78, 5) is 0. The topological polar surface area (TPSA) is 35.8 Å². The second kappa shape index (κ2) is 6.07. The Balaban J connectivity index is 2.97. The zero-order chi connectivity index (χ0) is 15.5. The minimum Gasteiger partial charge on any atom is -0.380 e. The summed E-state index contributed by atoms with van der Waals surface area (Å²) in [7, 11) is 0. The minimum absolute atomic E-state index is 0.0347. The highest BCUT2D eigenvalue weighted by Crippen LogP contribution is 2.29. The molecule has 1 aromatic carbocycles. The van der Waals surface area contributed by atoms with Gasteiger partial charge in [0.15, 0.2) is 23.3 Å². The van der Waals surface area contributed by atoms with Crippen LogP contribution in [0.4, 0.5) is 27.6 Å². The maximum atomic E-state index is 13.4. The van der Waals surface area contributed by atoms with Crippen LogP contribution in [0, 0.1) is 45.8 Å². The van der Waals surface area contributed by atoms with Crippen LogP contribution in [0.2, 0.25) is 0 Å². The monoisotopic (exact) mass is 292 g/mol. The average Bonchev–Trinajstić information content (AvgIpc) is 2.40. The van der Waals surface area contributed by atoms with Crippen molar-refractivity contribution in [3.63, 3.8) is 0 Å². The maximum Gasteiger partial charge on any atom is 0.200 e. The predicted octanol–water partition coefficient (Wildman–Crippen LogP) is 4.12. The van der Waals surface area contributed by atoms with Gasteiger partial charge in [-0.1, -0.05) is 13.8 Å². The Morgan fingerprint density at radius 2 is 1.40 bits per heavy atom. The summed E-state index contributed by atoms with van der Waals surface area (Å²) >= 11 is 0. The molecule has 1 N–H and O–H groups in total. The number of nitrogens with zero attached hydrogens (tertiary/aromatic N) is 1. The highest BCUT2D eigenvalue weighted by Gasteiger charge is 2.27. The number of hydrogen-bond acceptors (Lipinski definition) is 2. The van der Waals surface area contributed by atoms with Crippen LogP contribution in [0.1, 0.15) is 26.7 Å². The zero-order valence-electron chi connectivity index (χ0n) is 11.0. The summed E-state index contributed by atoms with van der Waals surface area (Å²) in [6, 6.07) is 1.92. The fourth-order valence-corrected chi connectivity index (χ4v) is 1.57. The number of hydrogen-bond donors (Lipinski definition) is 1. The van der Waals surface area contributed by atoms with Gasteiger partial charge >= 0.3 is 0 Å². The van der Waals surface area contributed by atoms with E-state index < -0.39 is 40.2 Å². The van der Waals surface area contributed by atoms with Gasteiger partial charge in [-0.05, 0) is 11.8 Å². The largest absolute Gasteiger partial charge is 0.380 e. The molecule has 0 radical (unpaired) electrons. The summed E-state index contributed by atoms with van der Waals surface area (Å²) < 4.78 is 65.6. The van der Waals surface area contributed by atoms with Gasteiger partial charge in [0.1, 0.15) is 5.69 Å². The van der Waals surface area contributed by atoms with Crippen LogP contribution in [-0.2, 0) is 0 Å². The number of nitriles is 1. The average molecular weight is 292 g/mol. The van der Waals surface area contributed by atoms with E-state index in [4.69, 9.17) is 5.26 Å². The van der Waals surface area contributed by atoms with Gasteiger partial charge in [-0.3, -0.25) is 0 Å². The summed E-state index contributed by atoms with van der Waals surface area (Å²) in [6.07, 6.45) is 0.650. The first kappa shape index (κ1) is 16.2. The highest BCUT2D eigenvalue weighted by molar-refractivity contribution is 5.47. The lowest BCUT2D eigenvalue weighted by molar-refractivity contribution is 0.356. The Bertz CT molecular complexity index is 520. The molecule has 0 aliphatic carbocycles. The molecule has 0 aromatic heterocycles. The van der Waals surface area contributed by atoms with Crippen molar-refractivity contribution in [2.45, 2.75) is 26.7 Å². The molecule has 0 fully saturated rings. The van der Waals surface area contributed by atoms with E-state index in [0.29, 0.717) is 6.42 Å². The molecule has 1 rings (SSSR count). The van der Waals surface area contributed by atoms with Crippen LogP contribution in [-0.4, -0.2) is 6.54 Å². The third kappa shape index (κ3) is 3.38. The minimum atomic E-state index is -2.19. The van der Waals surface area contributed by atoms with Gasteiger partial charge in [-0.2, -0.15) is 5.26 Å². The van der Waals surface area contributed by atoms with Crippen LogP contribution in [0.25, 0.3) is 0 Å². The number of benzene rings is 1. The Morgan fingerprint density at radius 1 is 0.950 bits per heavy atom. The zero-order valence-corrected chi connectivity index (χ0v) is 11.0. The van der Waals surface area contributed by atoms with Crippen LogP contribution >= 0.6 is 0 Å². The first-order valence-corrected chi connectivity index (χ1v) is 5.83. The van der Waals surface area contributed by atoms with Crippen molar-refractivity contribution >= 4 is 5.69 Å². The fraction of sp³-hybridized carbons (Fsp3) is 0.462. The first-order valence-electron chi connectivity index (χ1n) is 5.83. The van der Waals surface area contributed by atoms with Gasteiger partial charge in [0.2, 0.25) is 5.82 Å². The third-order valence-electron chi connectivity index (χ3n) is 2.87. The summed E-state index contributed by atoms with van der Waals surface area (Å²) in [6.45, 7) is 3.39. The molecule has 20 heavy (non-hydrogen) atoms. The molecule has 7 heteroatoms. The van der Waals surface area contributed by atoms with Gasteiger partial charge in [0, 0.05) is 13.0 Å². The molecular weight excluding hydrogens is 279 g/mol. The van der Waals surface area contributed by atoms with Crippen molar-refractivity contribution < 1.29 is 22.0 Å². The molecule has 0 atom stereocenters. The van der Waals surface area contributed by atoms with Crippen molar-refractivity contribution in [1.29, 1.82) is 5.26 Å². The third-order valence-corrected chi connectivity index (χ3v) is 2.87. The molecule has 2 nitrogen and oxygen atoms in total. The van der Waals surface area contributed by atoms with E-state index in [0.717, 1.165) is 0 Å². The molecule has 110 valence electrons. The van der Waals surface area contributed by atoms with E-state index in [2.05, 4.69) is 5.32 Å². The molecular formula is C13H13F5N2. The lowest BCUT2D eigenvalue weighted by Crippen LogP contribution is -2.24. The van der Waals surface area contributed by atoms with Crippen molar-refractivity contribution in [2.24, 2.45) is 5.41 Å². The number of nitrogens with one attached hydrogen (secondary N) is 1. The van der Waals surface area contributed by atoms with Crippen molar-refractivity contribution in [3.8, 4) is 6.07 Å². The van der Waals surface area contributed by atoms with Gasteiger partial charge in [-0.25, -0.2) is 22.0 Å². The maximum absolute atomic E-state index is 13.4. The predicted molar refractivity (Wildman–Crippen MR) is 63.3 cm³/mol. The molecule has 0 spiro atoms. The lowest BCUT2D eigenvalue weighted by atomic mass is 9.88. The Morgan fingerprint density at radius 3 is 1.85 bits per heavy atom. The first-order chi connectivity index (χ1) is 9.21. The Hall–Kier alpha value is -1.84. The number of rotatable bonds is 5. The van der Waals surface area contributed by atoms with Gasteiger partial charge in [0.05, 0.1) is 6.07 Å².